The molecule has 84 valence electrons. The Hall–Kier alpha value is -0.0800. The van der Waals surface area contributed by atoms with Gasteiger partial charge in [-0.25, -0.2) is 0 Å². The Morgan fingerprint density at radius 1 is 1.29 bits per heavy atom. The van der Waals surface area contributed by atoms with Crippen LogP contribution in [0.15, 0.2) is 0 Å². The highest BCUT2D eigenvalue weighted by atomic mass is 16.5. The molecule has 0 radical (unpaired) electrons. The Bertz CT molecular complexity index is 154. The summed E-state index contributed by atoms with van der Waals surface area (Å²) in [6.45, 7) is 7.76. The zero-order valence-electron chi connectivity index (χ0n) is 10.0. The zero-order valence-corrected chi connectivity index (χ0v) is 10.0. The van der Waals surface area contributed by atoms with Crippen LogP contribution >= 0.6 is 0 Å². The van der Waals surface area contributed by atoms with Crippen molar-refractivity contribution in [2.45, 2.75) is 52.1 Å². The van der Waals surface area contributed by atoms with Crippen molar-refractivity contribution in [3.63, 3.8) is 0 Å². The van der Waals surface area contributed by atoms with E-state index in [1.54, 1.807) is 7.11 Å². The summed E-state index contributed by atoms with van der Waals surface area (Å²) >= 11 is 0. The van der Waals surface area contributed by atoms with E-state index in [2.05, 4.69) is 26.1 Å². The largest absolute Gasteiger partial charge is 0.385 e. The van der Waals surface area contributed by atoms with Gasteiger partial charge in [0.05, 0.1) is 0 Å². The highest BCUT2D eigenvalue weighted by Crippen LogP contribution is 2.32. The molecule has 0 aromatic heterocycles. The maximum atomic E-state index is 5.14. The van der Waals surface area contributed by atoms with E-state index in [0.717, 1.165) is 18.9 Å². The van der Waals surface area contributed by atoms with Crippen molar-refractivity contribution in [2.24, 2.45) is 11.8 Å². The van der Waals surface area contributed by atoms with Crippen molar-refractivity contribution >= 4 is 0 Å². The molecule has 0 bridgehead atoms. The summed E-state index contributed by atoms with van der Waals surface area (Å²) in [5.41, 5.74) is 0. The van der Waals surface area contributed by atoms with E-state index in [9.17, 15) is 0 Å². The topological polar surface area (TPSA) is 21.3 Å². The normalized spacial score (nSPS) is 21.2. The van der Waals surface area contributed by atoms with Crippen LogP contribution in [-0.4, -0.2) is 25.8 Å². The van der Waals surface area contributed by atoms with E-state index in [0.29, 0.717) is 18.0 Å². The molecule has 2 atom stereocenters. The molecule has 14 heavy (non-hydrogen) atoms. The van der Waals surface area contributed by atoms with Crippen molar-refractivity contribution in [3.05, 3.63) is 0 Å². The first-order valence-electron chi connectivity index (χ1n) is 5.90. The van der Waals surface area contributed by atoms with Gasteiger partial charge in [0.2, 0.25) is 0 Å². The number of rotatable bonds is 7. The quantitative estimate of drug-likeness (QED) is 0.680. The van der Waals surface area contributed by atoms with Crippen molar-refractivity contribution in [2.75, 3.05) is 13.7 Å². The Balaban J connectivity index is 2.25. The summed E-state index contributed by atoms with van der Waals surface area (Å²) in [4.78, 5) is 0. The van der Waals surface area contributed by atoms with Gasteiger partial charge in [0.1, 0.15) is 0 Å². The minimum atomic E-state index is 0.616. The Morgan fingerprint density at radius 3 is 2.36 bits per heavy atom. The van der Waals surface area contributed by atoms with Crippen LogP contribution in [0.2, 0.25) is 0 Å². The first kappa shape index (κ1) is 12.0. The van der Waals surface area contributed by atoms with Gasteiger partial charge in [-0.1, -0.05) is 13.8 Å². The average molecular weight is 199 g/mol. The van der Waals surface area contributed by atoms with E-state index in [4.69, 9.17) is 4.74 Å². The smallest absolute Gasteiger partial charge is 0.0477 e. The lowest BCUT2D eigenvalue weighted by atomic mass is 9.99. The molecular formula is C12H25NO. The molecule has 0 saturated heterocycles. The predicted molar refractivity (Wildman–Crippen MR) is 60.4 cm³/mol. The standard InChI is InChI=1S/C12H25NO/c1-9(2)12(7-8-14-4)13-10(3)11-5-6-11/h9-13H,5-8H2,1-4H3. The van der Waals surface area contributed by atoms with Crippen molar-refractivity contribution < 1.29 is 4.74 Å². The monoisotopic (exact) mass is 199 g/mol. The van der Waals surface area contributed by atoms with E-state index in [1.807, 2.05) is 0 Å². The van der Waals surface area contributed by atoms with Crippen LogP contribution in [0.4, 0.5) is 0 Å². The average Bonchev–Trinajstić information content (AvgIpc) is 2.94. The molecule has 1 N–H and O–H groups in total. The van der Waals surface area contributed by atoms with Gasteiger partial charge in [-0.2, -0.15) is 0 Å². The van der Waals surface area contributed by atoms with Gasteiger partial charge in [0.25, 0.3) is 0 Å². The number of hydrogen-bond donors (Lipinski definition) is 1. The second kappa shape index (κ2) is 5.72. The minimum absolute atomic E-state index is 0.616. The molecule has 1 rings (SSSR count). The molecule has 0 aliphatic heterocycles. The molecule has 1 aliphatic rings. The fourth-order valence-corrected chi connectivity index (χ4v) is 1.92. The zero-order chi connectivity index (χ0) is 10.6. The Labute approximate surface area is 88.4 Å². The maximum Gasteiger partial charge on any atom is 0.0477 e. The summed E-state index contributed by atoms with van der Waals surface area (Å²) in [5, 5.41) is 3.73. The number of hydrogen-bond acceptors (Lipinski definition) is 2. The van der Waals surface area contributed by atoms with Crippen molar-refractivity contribution in [3.8, 4) is 0 Å². The molecule has 2 nitrogen and oxygen atoms in total. The van der Waals surface area contributed by atoms with Gasteiger partial charge in [-0.05, 0) is 38.0 Å². The molecule has 2 unspecified atom stereocenters. The number of nitrogens with one attached hydrogen (secondary N) is 1. The van der Waals surface area contributed by atoms with E-state index in [-0.39, 0.29) is 0 Å². The third-order valence-electron chi connectivity index (χ3n) is 3.24. The lowest BCUT2D eigenvalue weighted by Crippen LogP contribution is -2.41. The fraction of sp³-hybridized carbons (Fsp3) is 1.00. The summed E-state index contributed by atoms with van der Waals surface area (Å²) in [6, 6.07) is 1.31. The third-order valence-corrected chi connectivity index (χ3v) is 3.24. The van der Waals surface area contributed by atoms with E-state index in [1.165, 1.54) is 12.8 Å². The van der Waals surface area contributed by atoms with Crippen LogP contribution in [0.25, 0.3) is 0 Å². The number of methoxy groups -OCH3 is 1. The van der Waals surface area contributed by atoms with Crippen LogP contribution in [-0.2, 0) is 4.74 Å². The molecule has 0 aromatic rings. The molecule has 0 heterocycles. The Kier molecular flexibility index (Phi) is 4.90. The molecule has 2 heteroatoms. The summed E-state index contributed by atoms with van der Waals surface area (Å²) in [6.07, 6.45) is 3.97. The maximum absolute atomic E-state index is 5.14. The molecule has 1 aliphatic carbocycles. The third kappa shape index (κ3) is 3.97. The van der Waals surface area contributed by atoms with Gasteiger partial charge < -0.3 is 10.1 Å². The van der Waals surface area contributed by atoms with Crippen molar-refractivity contribution in [1.29, 1.82) is 0 Å². The lowest BCUT2D eigenvalue weighted by Gasteiger charge is -2.26. The fourth-order valence-electron chi connectivity index (χ4n) is 1.92. The molecule has 1 saturated carbocycles. The molecular weight excluding hydrogens is 174 g/mol. The number of ether oxygens (including phenoxy) is 1. The van der Waals surface area contributed by atoms with Gasteiger partial charge in [-0.3, -0.25) is 0 Å². The SMILES string of the molecule is COCCC(NC(C)C1CC1)C(C)C. The van der Waals surface area contributed by atoms with Gasteiger partial charge in [0.15, 0.2) is 0 Å². The second-order valence-electron chi connectivity index (χ2n) is 4.92. The summed E-state index contributed by atoms with van der Waals surface area (Å²) in [5.74, 6) is 1.64. The van der Waals surface area contributed by atoms with Crippen LogP contribution < -0.4 is 5.32 Å². The van der Waals surface area contributed by atoms with Crippen LogP contribution in [0.3, 0.4) is 0 Å². The van der Waals surface area contributed by atoms with E-state index >= 15 is 0 Å². The van der Waals surface area contributed by atoms with E-state index < -0.39 is 0 Å². The highest BCUT2D eigenvalue weighted by molar-refractivity contribution is 4.86. The molecule has 1 fully saturated rings. The van der Waals surface area contributed by atoms with Crippen molar-refractivity contribution in [1.82, 2.24) is 5.32 Å². The van der Waals surface area contributed by atoms with Crippen LogP contribution in [0, 0.1) is 11.8 Å². The van der Waals surface area contributed by atoms with Gasteiger partial charge in [0, 0.05) is 25.8 Å². The highest BCUT2D eigenvalue weighted by Gasteiger charge is 2.29. The lowest BCUT2D eigenvalue weighted by molar-refractivity contribution is 0.169. The molecule has 0 aromatic carbocycles. The minimum Gasteiger partial charge on any atom is -0.385 e. The van der Waals surface area contributed by atoms with Gasteiger partial charge in [-0.15, -0.1) is 0 Å². The van der Waals surface area contributed by atoms with Crippen LogP contribution in [0.5, 0.6) is 0 Å². The second-order valence-corrected chi connectivity index (χ2v) is 4.92. The van der Waals surface area contributed by atoms with Crippen LogP contribution in [0.1, 0.15) is 40.0 Å². The molecule has 0 amide bonds. The first-order valence-corrected chi connectivity index (χ1v) is 5.90. The van der Waals surface area contributed by atoms with Gasteiger partial charge >= 0.3 is 0 Å². The first-order chi connectivity index (χ1) is 6.65. The Morgan fingerprint density at radius 2 is 1.93 bits per heavy atom. The predicted octanol–water partition coefficient (Wildman–Crippen LogP) is 2.44. The summed E-state index contributed by atoms with van der Waals surface area (Å²) in [7, 11) is 1.78. The molecule has 0 spiro atoms. The summed E-state index contributed by atoms with van der Waals surface area (Å²) < 4.78 is 5.14.